The zero-order valence-electron chi connectivity index (χ0n) is 14.6. The van der Waals surface area contributed by atoms with E-state index in [2.05, 4.69) is 50.0 Å². The SMILES string of the molecule is CCC(C)Nc1nc(C)cc(N2CCN(c3ncccn3)CC2)n1. The molecule has 0 radical (unpaired) electrons. The van der Waals surface area contributed by atoms with E-state index in [1.54, 1.807) is 12.4 Å². The van der Waals surface area contributed by atoms with E-state index >= 15 is 0 Å². The third kappa shape index (κ3) is 3.90. The van der Waals surface area contributed by atoms with E-state index in [4.69, 9.17) is 4.98 Å². The van der Waals surface area contributed by atoms with Crippen LogP contribution in [0.3, 0.4) is 0 Å². The molecule has 1 fully saturated rings. The molecule has 7 nitrogen and oxygen atoms in total. The topological polar surface area (TPSA) is 70.1 Å². The van der Waals surface area contributed by atoms with Crippen molar-refractivity contribution in [2.24, 2.45) is 0 Å². The van der Waals surface area contributed by atoms with Crippen molar-refractivity contribution in [2.75, 3.05) is 41.3 Å². The average molecular weight is 327 g/mol. The predicted molar refractivity (Wildman–Crippen MR) is 96.6 cm³/mol. The van der Waals surface area contributed by atoms with E-state index in [9.17, 15) is 0 Å². The van der Waals surface area contributed by atoms with Crippen molar-refractivity contribution >= 4 is 17.7 Å². The highest BCUT2D eigenvalue weighted by molar-refractivity contribution is 5.47. The molecule has 3 heterocycles. The molecule has 2 aromatic rings. The fraction of sp³-hybridized carbons (Fsp3) is 0.529. The largest absolute Gasteiger partial charge is 0.353 e. The second kappa shape index (κ2) is 7.42. The number of aryl methyl sites for hydroxylation is 1. The summed E-state index contributed by atoms with van der Waals surface area (Å²) in [7, 11) is 0. The van der Waals surface area contributed by atoms with Crippen LogP contribution in [0.25, 0.3) is 0 Å². The minimum absolute atomic E-state index is 0.367. The molecule has 1 unspecified atom stereocenters. The molecule has 7 heteroatoms. The fourth-order valence-corrected chi connectivity index (χ4v) is 2.69. The molecule has 1 aliphatic rings. The van der Waals surface area contributed by atoms with Crippen molar-refractivity contribution in [3.63, 3.8) is 0 Å². The first-order chi connectivity index (χ1) is 11.7. The summed E-state index contributed by atoms with van der Waals surface area (Å²) in [5.41, 5.74) is 0.986. The van der Waals surface area contributed by atoms with Crippen molar-refractivity contribution in [3.05, 3.63) is 30.2 Å². The zero-order chi connectivity index (χ0) is 16.9. The highest BCUT2D eigenvalue weighted by atomic mass is 15.3. The molecule has 0 bridgehead atoms. The third-order valence-electron chi connectivity index (χ3n) is 4.27. The number of aromatic nitrogens is 4. The second-order valence-electron chi connectivity index (χ2n) is 6.17. The maximum Gasteiger partial charge on any atom is 0.225 e. The van der Waals surface area contributed by atoms with Crippen LogP contribution in [0.5, 0.6) is 0 Å². The second-order valence-corrected chi connectivity index (χ2v) is 6.17. The molecule has 1 saturated heterocycles. The van der Waals surface area contributed by atoms with Crippen molar-refractivity contribution in [1.29, 1.82) is 0 Å². The van der Waals surface area contributed by atoms with Crippen LogP contribution in [-0.4, -0.2) is 52.2 Å². The maximum atomic E-state index is 4.70. The summed E-state index contributed by atoms with van der Waals surface area (Å²) in [6.45, 7) is 9.89. The molecule has 1 atom stereocenters. The zero-order valence-corrected chi connectivity index (χ0v) is 14.6. The van der Waals surface area contributed by atoms with Crippen molar-refractivity contribution < 1.29 is 0 Å². The van der Waals surface area contributed by atoms with Crippen LogP contribution in [0.15, 0.2) is 24.5 Å². The molecule has 24 heavy (non-hydrogen) atoms. The highest BCUT2D eigenvalue weighted by Gasteiger charge is 2.20. The Labute approximate surface area is 143 Å². The van der Waals surface area contributed by atoms with Crippen molar-refractivity contribution in [1.82, 2.24) is 19.9 Å². The van der Waals surface area contributed by atoms with Gasteiger partial charge in [-0.1, -0.05) is 6.92 Å². The molecular formula is C17H25N7. The normalized spacial score (nSPS) is 16.1. The molecule has 2 aromatic heterocycles. The van der Waals surface area contributed by atoms with Crippen LogP contribution in [0.4, 0.5) is 17.7 Å². The van der Waals surface area contributed by atoms with Gasteiger partial charge in [-0.05, 0) is 26.3 Å². The summed E-state index contributed by atoms with van der Waals surface area (Å²) in [4.78, 5) is 22.4. The fourth-order valence-electron chi connectivity index (χ4n) is 2.69. The first kappa shape index (κ1) is 16.4. The van der Waals surface area contributed by atoms with Crippen LogP contribution in [0.2, 0.25) is 0 Å². The number of nitrogens with one attached hydrogen (secondary N) is 1. The van der Waals surface area contributed by atoms with Crippen LogP contribution in [0.1, 0.15) is 26.0 Å². The number of rotatable bonds is 5. The Morgan fingerprint density at radius 2 is 1.75 bits per heavy atom. The Morgan fingerprint density at radius 1 is 1.08 bits per heavy atom. The minimum Gasteiger partial charge on any atom is -0.353 e. The van der Waals surface area contributed by atoms with Crippen LogP contribution < -0.4 is 15.1 Å². The van der Waals surface area contributed by atoms with Crippen LogP contribution >= 0.6 is 0 Å². The van der Waals surface area contributed by atoms with Gasteiger partial charge in [-0.25, -0.2) is 15.0 Å². The first-order valence-electron chi connectivity index (χ1n) is 8.55. The number of hydrogen-bond acceptors (Lipinski definition) is 7. The predicted octanol–water partition coefficient (Wildman–Crippen LogP) is 2.11. The van der Waals surface area contributed by atoms with E-state index < -0.39 is 0 Å². The smallest absolute Gasteiger partial charge is 0.225 e. The van der Waals surface area contributed by atoms with Gasteiger partial charge in [0.25, 0.3) is 0 Å². The van der Waals surface area contributed by atoms with E-state index in [1.165, 1.54) is 0 Å². The average Bonchev–Trinajstić information content (AvgIpc) is 2.62. The van der Waals surface area contributed by atoms with Crippen molar-refractivity contribution in [2.45, 2.75) is 33.2 Å². The summed E-state index contributed by atoms with van der Waals surface area (Å²) < 4.78 is 0. The maximum absolute atomic E-state index is 4.70. The van der Waals surface area contributed by atoms with Gasteiger partial charge in [0, 0.05) is 56.4 Å². The molecule has 1 N–H and O–H groups in total. The Balaban J connectivity index is 1.67. The number of hydrogen-bond donors (Lipinski definition) is 1. The van der Waals surface area contributed by atoms with Crippen LogP contribution in [-0.2, 0) is 0 Å². The van der Waals surface area contributed by atoms with Gasteiger partial charge in [0.1, 0.15) is 5.82 Å². The van der Waals surface area contributed by atoms with E-state index in [1.807, 2.05) is 13.0 Å². The van der Waals surface area contributed by atoms with E-state index in [0.717, 1.165) is 50.1 Å². The standard InChI is InChI=1S/C17H25N7/c1-4-13(2)20-16-21-14(3)12-15(22-16)23-8-10-24(11-9-23)17-18-6-5-7-19-17/h5-7,12-13H,4,8-11H2,1-3H3,(H,20,21,22). The Bertz CT molecular complexity index is 653. The third-order valence-corrected chi connectivity index (χ3v) is 4.27. The van der Waals surface area contributed by atoms with E-state index in [-0.39, 0.29) is 0 Å². The molecule has 3 rings (SSSR count). The number of nitrogens with zero attached hydrogens (tertiary/aromatic N) is 6. The molecule has 0 aromatic carbocycles. The lowest BCUT2D eigenvalue weighted by molar-refractivity contribution is 0.633. The first-order valence-corrected chi connectivity index (χ1v) is 8.55. The van der Waals surface area contributed by atoms with Gasteiger partial charge < -0.3 is 15.1 Å². The van der Waals surface area contributed by atoms with Gasteiger partial charge >= 0.3 is 0 Å². The van der Waals surface area contributed by atoms with Crippen LogP contribution in [0, 0.1) is 6.92 Å². The number of piperazine rings is 1. The Hall–Kier alpha value is -2.44. The van der Waals surface area contributed by atoms with E-state index in [0.29, 0.717) is 12.0 Å². The minimum atomic E-state index is 0.367. The molecule has 0 amide bonds. The summed E-state index contributed by atoms with van der Waals surface area (Å²) in [6.07, 6.45) is 4.62. The quantitative estimate of drug-likeness (QED) is 0.902. The Morgan fingerprint density at radius 3 is 2.42 bits per heavy atom. The van der Waals surface area contributed by atoms with Crippen molar-refractivity contribution in [3.8, 4) is 0 Å². The van der Waals surface area contributed by atoms with Gasteiger partial charge in [-0.15, -0.1) is 0 Å². The van der Waals surface area contributed by atoms with Gasteiger partial charge in [0.15, 0.2) is 0 Å². The van der Waals surface area contributed by atoms with Gasteiger partial charge in [-0.3, -0.25) is 0 Å². The Kier molecular flexibility index (Phi) is 5.08. The molecule has 0 aliphatic carbocycles. The lowest BCUT2D eigenvalue weighted by Crippen LogP contribution is -2.47. The lowest BCUT2D eigenvalue weighted by Gasteiger charge is -2.35. The molecule has 0 saturated carbocycles. The highest BCUT2D eigenvalue weighted by Crippen LogP contribution is 2.19. The van der Waals surface area contributed by atoms with Gasteiger partial charge in [0.2, 0.25) is 11.9 Å². The van der Waals surface area contributed by atoms with Gasteiger partial charge in [0.05, 0.1) is 0 Å². The molecule has 1 aliphatic heterocycles. The summed E-state index contributed by atoms with van der Waals surface area (Å²) in [5, 5.41) is 3.37. The monoisotopic (exact) mass is 327 g/mol. The van der Waals surface area contributed by atoms with Gasteiger partial charge in [-0.2, -0.15) is 4.98 Å². The number of anilines is 3. The molecule has 0 spiro atoms. The molecule has 128 valence electrons. The summed E-state index contributed by atoms with van der Waals surface area (Å²) >= 11 is 0. The lowest BCUT2D eigenvalue weighted by atomic mass is 10.3. The molecular weight excluding hydrogens is 302 g/mol. The summed E-state index contributed by atoms with van der Waals surface area (Å²) in [6, 6.07) is 4.26. The summed E-state index contributed by atoms with van der Waals surface area (Å²) in [5.74, 6) is 2.50.